The average Bonchev–Trinajstić information content (AvgIpc) is 3.01. The number of carbonyl (C=O) groups excluding carboxylic acids is 1. The lowest BCUT2D eigenvalue weighted by molar-refractivity contribution is 0.0486. The van der Waals surface area contributed by atoms with E-state index in [9.17, 15) is 4.79 Å². The van der Waals surface area contributed by atoms with Gasteiger partial charge in [0, 0.05) is 44.5 Å². The van der Waals surface area contributed by atoms with Crippen molar-refractivity contribution >= 4 is 23.4 Å². The van der Waals surface area contributed by atoms with Crippen LogP contribution < -0.4 is 10.6 Å². The summed E-state index contributed by atoms with van der Waals surface area (Å²) in [5.74, 6) is 1.18. The van der Waals surface area contributed by atoms with Crippen LogP contribution in [0.25, 0.3) is 0 Å². The summed E-state index contributed by atoms with van der Waals surface area (Å²) in [4.78, 5) is 23.5. The van der Waals surface area contributed by atoms with E-state index >= 15 is 0 Å². The van der Waals surface area contributed by atoms with E-state index in [-0.39, 0.29) is 12.1 Å². The van der Waals surface area contributed by atoms with E-state index in [4.69, 9.17) is 9.73 Å². The average molecular weight is 426 g/mol. The Morgan fingerprint density at radius 3 is 2.59 bits per heavy atom. The summed E-state index contributed by atoms with van der Waals surface area (Å²) in [6.45, 7) is 16.2. The highest BCUT2D eigenvalue weighted by Crippen LogP contribution is 2.11. The zero-order chi connectivity index (χ0) is 22.0. The van der Waals surface area contributed by atoms with Crippen LogP contribution in [0.2, 0.25) is 0 Å². The molecule has 0 saturated carbocycles. The second-order valence-corrected chi connectivity index (χ2v) is 9.61. The molecule has 1 atom stereocenters. The molecule has 0 bridgehead atoms. The molecule has 166 valence electrons. The van der Waals surface area contributed by atoms with Gasteiger partial charge in [0.25, 0.3) is 0 Å². The lowest BCUT2D eigenvalue weighted by atomic mass is 10.0. The zero-order valence-electron chi connectivity index (χ0n) is 19.3. The molecule has 1 heterocycles. The van der Waals surface area contributed by atoms with E-state index in [1.807, 2.05) is 34.7 Å². The van der Waals surface area contributed by atoms with Crippen molar-refractivity contribution in [3.8, 4) is 0 Å². The number of amides is 1. The van der Waals surface area contributed by atoms with Gasteiger partial charge in [-0.05, 0) is 47.0 Å². The van der Waals surface area contributed by atoms with Crippen molar-refractivity contribution in [2.45, 2.75) is 73.0 Å². The van der Waals surface area contributed by atoms with Gasteiger partial charge in [-0.25, -0.2) is 9.78 Å². The minimum atomic E-state index is -0.497. The van der Waals surface area contributed by atoms with Crippen molar-refractivity contribution in [3.05, 3.63) is 16.1 Å². The van der Waals surface area contributed by atoms with E-state index in [2.05, 4.69) is 46.7 Å². The first kappa shape index (κ1) is 25.2. The number of guanidine groups is 1. The highest BCUT2D eigenvalue weighted by atomic mass is 32.1. The molecule has 1 aromatic rings. The molecule has 2 N–H and O–H groups in total. The summed E-state index contributed by atoms with van der Waals surface area (Å²) < 4.78 is 5.40. The number of hydrogen-bond acceptors (Lipinski definition) is 5. The Balaban J connectivity index is 2.60. The highest BCUT2D eigenvalue weighted by molar-refractivity contribution is 7.09. The number of nitrogens with zero attached hydrogens (tertiary/aromatic N) is 3. The van der Waals surface area contributed by atoms with Crippen molar-refractivity contribution in [2.24, 2.45) is 10.9 Å². The Morgan fingerprint density at radius 2 is 2.07 bits per heavy atom. The Bertz CT molecular complexity index is 652. The van der Waals surface area contributed by atoms with Gasteiger partial charge in [-0.2, -0.15) is 0 Å². The van der Waals surface area contributed by atoms with E-state index in [0.29, 0.717) is 12.5 Å². The third-order valence-corrected chi connectivity index (χ3v) is 5.10. The summed E-state index contributed by atoms with van der Waals surface area (Å²) in [6.07, 6.45) is 1.28. The van der Waals surface area contributed by atoms with Gasteiger partial charge in [-0.15, -0.1) is 11.3 Å². The fourth-order valence-corrected chi connectivity index (χ4v) is 3.39. The predicted octanol–water partition coefficient (Wildman–Crippen LogP) is 3.83. The summed E-state index contributed by atoms with van der Waals surface area (Å²) >= 11 is 1.67. The molecular formula is C21H39N5O2S. The molecule has 0 radical (unpaired) electrons. The van der Waals surface area contributed by atoms with Gasteiger partial charge in [-0.3, -0.25) is 4.99 Å². The fraction of sp³-hybridized carbons (Fsp3) is 0.762. The minimum Gasteiger partial charge on any atom is -0.444 e. The van der Waals surface area contributed by atoms with Gasteiger partial charge >= 0.3 is 6.09 Å². The van der Waals surface area contributed by atoms with E-state index in [1.165, 1.54) is 0 Å². The van der Waals surface area contributed by atoms with Gasteiger partial charge in [0.1, 0.15) is 5.60 Å². The molecule has 0 aromatic carbocycles. The number of carbonyl (C=O) groups is 1. The standard InChI is InChI=1S/C21H39N5O2S/c1-9-22-19(23-12-10-17-14-29-16(4)24-17)26(8)13-11-18(15(2)3)25-20(27)28-21(5,6)7/h14-15,18H,9-13H2,1-8H3,(H,22,23)(H,25,27). The van der Waals surface area contributed by atoms with E-state index < -0.39 is 5.60 Å². The SMILES string of the molecule is CCNC(=NCCc1csc(C)n1)N(C)CCC(NC(=O)OC(C)(C)C)C(C)C. The van der Waals surface area contributed by atoms with Crippen LogP contribution in [0, 0.1) is 12.8 Å². The molecule has 0 fully saturated rings. The summed E-state index contributed by atoms with van der Waals surface area (Å²) in [6, 6.07) is 0.0353. The molecule has 8 heteroatoms. The third kappa shape index (κ3) is 10.5. The van der Waals surface area contributed by atoms with Crippen LogP contribution >= 0.6 is 11.3 Å². The van der Waals surface area contributed by atoms with Crippen LogP contribution in [0.5, 0.6) is 0 Å². The number of rotatable bonds is 9. The van der Waals surface area contributed by atoms with Crippen molar-refractivity contribution < 1.29 is 9.53 Å². The Labute approximate surface area is 180 Å². The number of nitrogens with one attached hydrogen (secondary N) is 2. The minimum absolute atomic E-state index is 0.0353. The monoisotopic (exact) mass is 425 g/mol. The van der Waals surface area contributed by atoms with Crippen LogP contribution in [0.4, 0.5) is 4.79 Å². The van der Waals surface area contributed by atoms with Crippen LogP contribution in [-0.4, -0.2) is 60.3 Å². The number of aryl methyl sites for hydroxylation is 1. The quantitative estimate of drug-likeness (QED) is 0.464. The number of aliphatic imine (C=N–C) groups is 1. The van der Waals surface area contributed by atoms with Crippen LogP contribution in [0.1, 0.15) is 58.7 Å². The molecule has 0 spiro atoms. The maximum atomic E-state index is 12.1. The number of thiazole rings is 1. The molecule has 1 aromatic heterocycles. The molecule has 0 aliphatic rings. The summed E-state index contributed by atoms with van der Waals surface area (Å²) in [5, 5.41) is 9.54. The Hall–Kier alpha value is -1.83. The van der Waals surface area contributed by atoms with Gasteiger partial charge < -0.3 is 20.3 Å². The number of hydrogen-bond donors (Lipinski definition) is 2. The van der Waals surface area contributed by atoms with Gasteiger partial charge in [0.2, 0.25) is 0 Å². The molecule has 1 rings (SSSR count). The second kappa shape index (κ2) is 12.0. The van der Waals surface area contributed by atoms with Crippen LogP contribution in [0.3, 0.4) is 0 Å². The van der Waals surface area contributed by atoms with Gasteiger partial charge in [0.15, 0.2) is 5.96 Å². The molecule has 0 aliphatic heterocycles. The first-order valence-electron chi connectivity index (χ1n) is 10.4. The van der Waals surface area contributed by atoms with Crippen molar-refractivity contribution in [1.82, 2.24) is 20.5 Å². The first-order valence-corrected chi connectivity index (χ1v) is 11.3. The fourth-order valence-electron chi connectivity index (χ4n) is 2.74. The molecule has 0 saturated heterocycles. The second-order valence-electron chi connectivity index (χ2n) is 8.55. The number of ether oxygens (including phenoxy) is 1. The third-order valence-electron chi connectivity index (χ3n) is 4.27. The van der Waals surface area contributed by atoms with Crippen molar-refractivity contribution in [3.63, 3.8) is 0 Å². The first-order chi connectivity index (χ1) is 13.5. The summed E-state index contributed by atoms with van der Waals surface area (Å²) in [7, 11) is 2.03. The van der Waals surface area contributed by atoms with E-state index in [1.54, 1.807) is 11.3 Å². The van der Waals surface area contributed by atoms with Gasteiger partial charge in [-0.1, -0.05) is 13.8 Å². The lowest BCUT2D eigenvalue weighted by Gasteiger charge is -2.28. The normalized spacial score (nSPS) is 13.3. The Kier molecular flexibility index (Phi) is 10.4. The van der Waals surface area contributed by atoms with Crippen LogP contribution in [0.15, 0.2) is 10.4 Å². The Morgan fingerprint density at radius 1 is 1.38 bits per heavy atom. The summed E-state index contributed by atoms with van der Waals surface area (Å²) in [5.41, 5.74) is 0.597. The molecule has 29 heavy (non-hydrogen) atoms. The molecule has 1 amide bonds. The van der Waals surface area contributed by atoms with E-state index in [0.717, 1.165) is 42.6 Å². The lowest BCUT2D eigenvalue weighted by Crippen LogP contribution is -2.45. The van der Waals surface area contributed by atoms with Crippen LogP contribution in [-0.2, 0) is 11.2 Å². The number of alkyl carbamates (subject to hydrolysis) is 1. The maximum Gasteiger partial charge on any atom is 0.407 e. The maximum absolute atomic E-state index is 12.1. The zero-order valence-corrected chi connectivity index (χ0v) is 20.2. The molecule has 7 nitrogen and oxygen atoms in total. The van der Waals surface area contributed by atoms with Crippen molar-refractivity contribution in [1.29, 1.82) is 0 Å². The predicted molar refractivity (Wildman–Crippen MR) is 122 cm³/mol. The molecular weight excluding hydrogens is 386 g/mol. The highest BCUT2D eigenvalue weighted by Gasteiger charge is 2.22. The van der Waals surface area contributed by atoms with Gasteiger partial charge in [0.05, 0.1) is 10.7 Å². The smallest absolute Gasteiger partial charge is 0.407 e. The number of aromatic nitrogens is 1. The molecule has 1 unspecified atom stereocenters. The topological polar surface area (TPSA) is 78.9 Å². The largest absolute Gasteiger partial charge is 0.444 e. The molecule has 0 aliphatic carbocycles. The van der Waals surface area contributed by atoms with Crippen molar-refractivity contribution in [2.75, 3.05) is 26.7 Å².